The zero-order chi connectivity index (χ0) is 11.1. The first-order valence-corrected chi connectivity index (χ1v) is 4.65. The second kappa shape index (κ2) is 3.11. The third-order valence-corrected chi connectivity index (χ3v) is 2.76. The largest absolute Gasteiger partial charge is 0.465 e. The Hall–Kier alpha value is -1.79. The fourth-order valence-electron chi connectivity index (χ4n) is 1.85. The van der Waals surface area contributed by atoms with Crippen LogP contribution in [-0.2, 0) is 4.79 Å². The average Bonchev–Trinajstić information content (AvgIpc) is 2.91. The smallest absolute Gasteiger partial charge is 0.404 e. The van der Waals surface area contributed by atoms with Crippen molar-refractivity contribution in [3.05, 3.63) is 0 Å². The Labute approximate surface area is 85.2 Å². The van der Waals surface area contributed by atoms with Crippen molar-refractivity contribution in [1.29, 1.82) is 0 Å². The van der Waals surface area contributed by atoms with Crippen LogP contribution in [0.15, 0.2) is 0 Å². The molecule has 0 radical (unpaired) electrons. The summed E-state index contributed by atoms with van der Waals surface area (Å²) in [5.74, 6) is -0.403. The van der Waals surface area contributed by atoms with E-state index in [4.69, 9.17) is 5.11 Å². The molecule has 1 atom stereocenters. The van der Waals surface area contributed by atoms with Crippen molar-refractivity contribution in [2.45, 2.75) is 18.4 Å². The molecule has 1 saturated heterocycles. The molecule has 7 heteroatoms. The van der Waals surface area contributed by atoms with E-state index in [-0.39, 0.29) is 12.5 Å². The first kappa shape index (κ1) is 9.75. The molecule has 2 rings (SSSR count). The lowest BCUT2D eigenvalue weighted by Gasteiger charge is -2.25. The minimum Gasteiger partial charge on any atom is -0.465 e. The van der Waals surface area contributed by atoms with Gasteiger partial charge in [0.05, 0.1) is 6.54 Å². The van der Waals surface area contributed by atoms with Crippen LogP contribution in [0.3, 0.4) is 0 Å². The first-order chi connectivity index (χ1) is 7.04. The lowest BCUT2D eigenvalue weighted by Crippen LogP contribution is -2.56. The normalized spacial score (nSPS) is 29.6. The lowest BCUT2D eigenvalue weighted by molar-refractivity contribution is -0.124. The number of carbonyl (C=O) groups excluding carboxylic acids is 2. The van der Waals surface area contributed by atoms with Crippen molar-refractivity contribution in [3.63, 3.8) is 0 Å². The SMILES string of the molecule is O=C(O)NCC1(C2CC2)NC(=O)NC1=O. The predicted molar refractivity (Wildman–Crippen MR) is 48.2 cm³/mol. The highest BCUT2D eigenvalue weighted by Gasteiger charge is 2.56. The monoisotopic (exact) mass is 213 g/mol. The van der Waals surface area contributed by atoms with Gasteiger partial charge in [-0.15, -0.1) is 0 Å². The van der Waals surface area contributed by atoms with E-state index in [1.165, 1.54) is 0 Å². The first-order valence-electron chi connectivity index (χ1n) is 4.65. The Kier molecular flexibility index (Phi) is 2.02. The summed E-state index contributed by atoms with van der Waals surface area (Å²) in [6.45, 7) is -0.0788. The van der Waals surface area contributed by atoms with Crippen LogP contribution in [0.5, 0.6) is 0 Å². The van der Waals surface area contributed by atoms with Gasteiger partial charge in [-0.1, -0.05) is 0 Å². The maximum atomic E-state index is 11.6. The van der Waals surface area contributed by atoms with Gasteiger partial charge < -0.3 is 15.7 Å². The molecular weight excluding hydrogens is 202 g/mol. The molecule has 1 aliphatic carbocycles. The van der Waals surface area contributed by atoms with Crippen molar-refractivity contribution in [2.75, 3.05) is 6.54 Å². The van der Waals surface area contributed by atoms with Crippen molar-refractivity contribution in [3.8, 4) is 0 Å². The number of carboxylic acid groups (broad SMARTS) is 1. The van der Waals surface area contributed by atoms with Crippen LogP contribution in [0, 0.1) is 5.92 Å². The van der Waals surface area contributed by atoms with E-state index < -0.39 is 23.6 Å². The number of hydrogen-bond acceptors (Lipinski definition) is 3. The minimum absolute atomic E-state index is 0.0378. The Morgan fingerprint density at radius 1 is 1.53 bits per heavy atom. The quantitative estimate of drug-likeness (QED) is 0.462. The molecule has 1 heterocycles. The van der Waals surface area contributed by atoms with Crippen molar-refractivity contribution in [1.82, 2.24) is 16.0 Å². The third kappa shape index (κ3) is 1.60. The molecule has 0 bridgehead atoms. The molecule has 1 unspecified atom stereocenters. The number of rotatable bonds is 3. The standard InChI is InChI=1S/C8H11N3O4/c12-5-8(4-1-2-4,3-9-7(14)15)11-6(13)10-5/h4,9H,1-3H2,(H,14,15)(H2,10,11,12,13). The summed E-state index contributed by atoms with van der Waals surface area (Å²) >= 11 is 0. The summed E-state index contributed by atoms with van der Waals surface area (Å²) in [5, 5.41) is 15.3. The molecule has 2 fully saturated rings. The van der Waals surface area contributed by atoms with Crippen molar-refractivity contribution < 1.29 is 19.5 Å². The summed E-state index contributed by atoms with van der Waals surface area (Å²) in [4.78, 5) is 33.0. The number of carbonyl (C=O) groups is 3. The molecule has 0 aromatic carbocycles. The lowest BCUT2D eigenvalue weighted by atomic mass is 9.93. The van der Waals surface area contributed by atoms with Gasteiger partial charge in [-0.2, -0.15) is 0 Å². The van der Waals surface area contributed by atoms with Crippen LogP contribution < -0.4 is 16.0 Å². The van der Waals surface area contributed by atoms with Gasteiger partial charge >= 0.3 is 12.1 Å². The Bertz CT molecular complexity index is 339. The second-order valence-electron chi connectivity index (χ2n) is 3.81. The zero-order valence-corrected chi connectivity index (χ0v) is 7.87. The fraction of sp³-hybridized carbons (Fsp3) is 0.625. The number of urea groups is 1. The van der Waals surface area contributed by atoms with Gasteiger partial charge in [0.15, 0.2) is 0 Å². The zero-order valence-electron chi connectivity index (χ0n) is 7.87. The summed E-state index contributed by atoms with van der Waals surface area (Å²) in [6, 6.07) is -0.556. The fourth-order valence-corrected chi connectivity index (χ4v) is 1.85. The molecule has 0 aromatic heterocycles. The molecule has 2 aliphatic rings. The van der Waals surface area contributed by atoms with E-state index in [9.17, 15) is 14.4 Å². The number of imide groups is 1. The van der Waals surface area contributed by atoms with Crippen LogP contribution in [0.1, 0.15) is 12.8 Å². The van der Waals surface area contributed by atoms with E-state index >= 15 is 0 Å². The van der Waals surface area contributed by atoms with Crippen LogP contribution in [0.25, 0.3) is 0 Å². The van der Waals surface area contributed by atoms with Gasteiger partial charge in [0.25, 0.3) is 5.91 Å². The molecule has 0 spiro atoms. The van der Waals surface area contributed by atoms with E-state index in [1.807, 2.05) is 0 Å². The Morgan fingerprint density at radius 3 is 2.60 bits per heavy atom. The van der Waals surface area contributed by atoms with Crippen LogP contribution in [0.2, 0.25) is 0 Å². The number of hydrogen-bond donors (Lipinski definition) is 4. The summed E-state index contributed by atoms with van der Waals surface area (Å²) in [7, 11) is 0. The van der Waals surface area contributed by atoms with Gasteiger partial charge in [0.1, 0.15) is 5.54 Å². The molecule has 82 valence electrons. The second-order valence-corrected chi connectivity index (χ2v) is 3.81. The molecule has 1 aliphatic heterocycles. The van der Waals surface area contributed by atoms with Crippen LogP contribution in [0.4, 0.5) is 9.59 Å². The maximum absolute atomic E-state index is 11.6. The molecule has 4 amide bonds. The minimum atomic E-state index is -1.20. The average molecular weight is 213 g/mol. The Balaban J connectivity index is 2.13. The highest BCUT2D eigenvalue weighted by atomic mass is 16.4. The number of amides is 4. The Morgan fingerprint density at radius 2 is 2.20 bits per heavy atom. The molecule has 0 aromatic rings. The van der Waals surface area contributed by atoms with E-state index in [0.717, 1.165) is 12.8 Å². The van der Waals surface area contributed by atoms with Gasteiger partial charge in [-0.25, -0.2) is 9.59 Å². The van der Waals surface area contributed by atoms with Gasteiger partial charge in [0.2, 0.25) is 0 Å². The van der Waals surface area contributed by atoms with Crippen molar-refractivity contribution >= 4 is 18.0 Å². The van der Waals surface area contributed by atoms with E-state index in [0.29, 0.717) is 0 Å². The van der Waals surface area contributed by atoms with Crippen LogP contribution in [-0.4, -0.2) is 35.2 Å². The number of nitrogens with one attached hydrogen (secondary N) is 3. The highest BCUT2D eigenvalue weighted by Crippen LogP contribution is 2.40. The maximum Gasteiger partial charge on any atom is 0.404 e. The molecule has 4 N–H and O–H groups in total. The summed E-state index contributed by atoms with van der Waals surface area (Å²) < 4.78 is 0. The molecule has 7 nitrogen and oxygen atoms in total. The summed E-state index contributed by atoms with van der Waals surface area (Å²) in [6.07, 6.45) is 0.452. The van der Waals surface area contributed by atoms with E-state index in [1.54, 1.807) is 0 Å². The highest BCUT2D eigenvalue weighted by molar-refractivity contribution is 6.07. The molecule has 1 saturated carbocycles. The predicted octanol–water partition coefficient (Wildman–Crippen LogP) is -0.758. The molecule has 15 heavy (non-hydrogen) atoms. The van der Waals surface area contributed by atoms with E-state index in [2.05, 4.69) is 16.0 Å². The third-order valence-electron chi connectivity index (χ3n) is 2.76. The van der Waals surface area contributed by atoms with Gasteiger partial charge in [0, 0.05) is 0 Å². The van der Waals surface area contributed by atoms with Gasteiger partial charge in [-0.3, -0.25) is 10.1 Å². The molecular formula is C8H11N3O4. The van der Waals surface area contributed by atoms with Gasteiger partial charge in [-0.05, 0) is 18.8 Å². The summed E-state index contributed by atoms with van der Waals surface area (Å²) in [5.41, 5.74) is -1.07. The van der Waals surface area contributed by atoms with Crippen molar-refractivity contribution in [2.24, 2.45) is 5.92 Å². The topological polar surface area (TPSA) is 108 Å². The van der Waals surface area contributed by atoms with Crippen LogP contribution >= 0.6 is 0 Å².